The van der Waals surface area contributed by atoms with Gasteiger partial charge in [0.05, 0.1) is 7.11 Å². The van der Waals surface area contributed by atoms with Gasteiger partial charge < -0.3 is 10.1 Å². The lowest BCUT2D eigenvalue weighted by Gasteiger charge is -2.34. The van der Waals surface area contributed by atoms with Gasteiger partial charge in [0.2, 0.25) is 0 Å². The Hall–Kier alpha value is -1.06. The van der Waals surface area contributed by atoms with Crippen molar-refractivity contribution in [3.63, 3.8) is 0 Å². The van der Waals surface area contributed by atoms with Gasteiger partial charge in [0.25, 0.3) is 0 Å². The average molecular weight is 262 g/mol. The maximum absolute atomic E-state index is 5.19. The fourth-order valence-electron chi connectivity index (χ4n) is 2.95. The van der Waals surface area contributed by atoms with Crippen molar-refractivity contribution in [3.05, 3.63) is 29.8 Å². The van der Waals surface area contributed by atoms with E-state index >= 15 is 0 Å². The third-order valence-electron chi connectivity index (χ3n) is 4.32. The second-order valence-corrected chi connectivity index (χ2v) is 5.56. The molecule has 0 spiro atoms. The summed E-state index contributed by atoms with van der Waals surface area (Å²) in [5.41, 5.74) is 1.36. The highest BCUT2D eigenvalue weighted by atomic mass is 16.5. The smallest absolute Gasteiger partial charge is 0.118 e. The summed E-state index contributed by atoms with van der Waals surface area (Å²) in [7, 11) is 6.03. The molecule has 1 aliphatic rings. The van der Waals surface area contributed by atoms with E-state index in [9.17, 15) is 0 Å². The summed E-state index contributed by atoms with van der Waals surface area (Å²) in [4.78, 5) is 2.49. The van der Waals surface area contributed by atoms with Crippen LogP contribution in [-0.2, 0) is 6.54 Å². The highest BCUT2D eigenvalue weighted by Crippen LogP contribution is 2.23. The van der Waals surface area contributed by atoms with Crippen molar-refractivity contribution >= 4 is 0 Å². The molecule has 1 fully saturated rings. The van der Waals surface area contributed by atoms with Crippen molar-refractivity contribution in [3.8, 4) is 5.75 Å². The molecule has 1 aromatic rings. The molecule has 19 heavy (non-hydrogen) atoms. The van der Waals surface area contributed by atoms with Gasteiger partial charge in [-0.25, -0.2) is 0 Å². The Kier molecular flexibility index (Phi) is 5.23. The van der Waals surface area contributed by atoms with Gasteiger partial charge in [0.1, 0.15) is 5.75 Å². The van der Waals surface area contributed by atoms with Crippen molar-refractivity contribution in [1.82, 2.24) is 10.2 Å². The summed E-state index contributed by atoms with van der Waals surface area (Å²) in [6.45, 7) is 1.03. The maximum atomic E-state index is 5.19. The van der Waals surface area contributed by atoms with Crippen molar-refractivity contribution in [1.29, 1.82) is 0 Å². The number of nitrogens with zero attached hydrogens (tertiary/aromatic N) is 1. The molecular weight excluding hydrogens is 236 g/mol. The topological polar surface area (TPSA) is 24.5 Å². The summed E-state index contributed by atoms with van der Waals surface area (Å²) in [6, 6.07) is 9.86. The molecule has 0 aliphatic heterocycles. The van der Waals surface area contributed by atoms with E-state index in [1.807, 2.05) is 12.1 Å². The van der Waals surface area contributed by atoms with Gasteiger partial charge in [-0.05, 0) is 57.5 Å². The number of ether oxygens (including phenoxy) is 1. The second kappa shape index (κ2) is 6.92. The van der Waals surface area contributed by atoms with E-state index in [-0.39, 0.29) is 0 Å². The van der Waals surface area contributed by atoms with Crippen molar-refractivity contribution in [2.24, 2.45) is 0 Å². The van der Waals surface area contributed by atoms with Crippen LogP contribution in [0.1, 0.15) is 31.2 Å². The highest BCUT2D eigenvalue weighted by molar-refractivity contribution is 5.27. The SMILES string of the molecule is CNC1CCC(N(C)Cc2ccc(OC)cc2)CC1. The molecule has 1 N–H and O–H groups in total. The monoisotopic (exact) mass is 262 g/mol. The zero-order valence-corrected chi connectivity index (χ0v) is 12.4. The van der Waals surface area contributed by atoms with E-state index in [0.29, 0.717) is 0 Å². The van der Waals surface area contributed by atoms with Crippen molar-refractivity contribution in [2.45, 2.75) is 44.3 Å². The van der Waals surface area contributed by atoms with Gasteiger partial charge in [0, 0.05) is 18.6 Å². The molecule has 0 bridgehead atoms. The molecule has 2 rings (SSSR count). The second-order valence-electron chi connectivity index (χ2n) is 5.56. The number of benzene rings is 1. The van der Waals surface area contributed by atoms with Gasteiger partial charge in [-0.2, -0.15) is 0 Å². The zero-order chi connectivity index (χ0) is 13.7. The quantitative estimate of drug-likeness (QED) is 0.883. The van der Waals surface area contributed by atoms with E-state index in [2.05, 4.69) is 36.4 Å². The van der Waals surface area contributed by atoms with E-state index in [1.165, 1.54) is 31.2 Å². The van der Waals surface area contributed by atoms with Crippen LogP contribution in [0, 0.1) is 0 Å². The van der Waals surface area contributed by atoms with Crippen LogP contribution < -0.4 is 10.1 Å². The molecule has 1 aliphatic carbocycles. The van der Waals surface area contributed by atoms with Gasteiger partial charge >= 0.3 is 0 Å². The van der Waals surface area contributed by atoms with Gasteiger partial charge in [-0.15, -0.1) is 0 Å². The molecular formula is C16H26N2O. The van der Waals surface area contributed by atoms with Crippen molar-refractivity contribution < 1.29 is 4.74 Å². The molecule has 0 heterocycles. The van der Waals surface area contributed by atoms with Gasteiger partial charge in [0.15, 0.2) is 0 Å². The zero-order valence-electron chi connectivity index (χ0n) is 12.4. The molecule has 3 heteroatoms. The van der Waals surface area contributed by atoms with Crippen LogP contribution in [0.25, 0.3) is 0 Å². The third-order valence-corrected chi connectivity index (χ3v) is 4.32. The lowest BCUT2D eigenvalue weighted by molar-refractivity contribution is 0.170. The van der Waals surface area contributed by atoms with Crippen LogP contribution in [0.15, 0.2) is 24.3 Å². The van der Waals surface area contributed by atoms with E-state index in [1.54, 1.807) is 7.11 Å². The standard InChI is InChI=1S/C16H26N2O/c1-17-14-6-8-15(9-7-14)18(2)12-13-4-10-16(19-3)11-5-13/h4-5,10-11,14-15,17H,6-9,12H2,1-3H3. The summed E-state index contributed by atoms with van der Waals surface area (Å²) in [5.74, 6) is 0.931. The minimum absolute atomic E-state index is 0.727. The Morgan fingerprint density at radius 1 is 1.16 bits per heavy atom. The average Bonchev–Trinajstić information content (AvgIpc) is 2.48. The number of rotatable bonds is 5. The maximum Gasteiger partial charge on any atom is 0.118 e. The Morgan fingerprint density at radius 3 is 2.32 bits per heavy atom. The number of hydrogen-bond donors (Lipinski definition) is 1. The van der Waals surface area contributed by atoms with E-state index in [4.69, 9.17) is 4.74 Å². The predicted octanol–water partition coefficient (Wildman–Crippen LogP) is 2.66. The first-order chi connectivity index (χ1) is 9.22. The van der Waals surface area contributed by atoms with Crippen molar-refractivity contribution in [2.75, 3.05) is 21.2 Å². The molecule has 1 aromatic carbocycles. The normalized spacial score (nSPS) is 23.6. The highest BCUT2D eigenvalue weighted by Gasteiger charge is 2.22. The van der Waals surface area contributed by atoms with E-state index < -0.39 is 0 Å². The molecule has 106 valence electrons. The molecule has 0 unspecified atom stereocenters. The van der Waals surface area contributed by atoms with Crippen LogP contribution in [0.2, 0.25) is 0 Å². The van der Waals surface area contributed by atoms with Gasteiger partial charge in [-0.3, -0.25) is 4.90 Å². The molecule has 0 aromatic heterocycles. The molecule has 1 saturated carbocycles. The molecule has 0 amide bonds. The third kappa shape index (κ3) is 3.95. The summed E-state index contributed by atoms with van der Waals surface area (Å²) in [5, 5.41) is 3.39. The summed E-state index contributed by atoms with van der Waals surface area (Å²) < 4.78 is 5.19. The lowest BCUT2D eigenvalue weighted by Crippen LogP contribution is -2.39. The first-order valence-corrected chi connectivity index (χ1v) is 7.23. The lowest BCUT2D eigenvalue weighted by atomic mass is 9.90. The van der Waals surface area contributed by atoms with Crippen LogP contribution in [0.3, 0.4) is 0 Å². The fourth-order valence-corrected chi connectivity index (χ4v) is 2.95. The van der Waals surface area contributed by atoms with Crippen LogP contribution in [0.4, 0.5) is 0 Å². The summed E-state index contributed by atoms with van der Waals surface area (Å²) in [6.07, 6.45) is 5.21. The number of methoxy groups -OCH3 is 1. The van der Waals surface area contributed by atoms with Crippen LogP contribution in [-0.4, -0.2) is 38.2 Å². The molecule has 0 radical (unpaired) electrons. The van der Waals surface area contributed by atoms with Crippen LogP contribution >= 0.6 is 0 Å². The minimum Gasteiger partial charge on any atom is -0.497 e. The Labute approximate surface area is 116 Å². The summed E-state index contributed by atoms with van der Waals surface area (Å²) >= 11 is 0. The fraction of sp³-hybridized carbons (Fsp3) is 0.625. The first-order valence-electron chi connectivity index (χ1n) is 7.23. The minimum atomic E-state index is 0.727. The Balaban J connectivity index is 1.84. The largest absolute Gasteiger partial charge is 0.497 e. The Bertz CT molecular complexity index is 369. The predicted molar refractivity (Wildman–Crippen MR) is 79.6 cm³/mol. The number of nitrogens with one attached hydrogen (secondary N) is 1. The Morgan fingerprint density at radius 2 is 1.79 bits per heavy atom. The molecule has 0 atom stereocenters. The molecule has 0 saturated heterocycles. The first kappa shape index (κ1) is 14.4. The molecule has 3 nitrogen and oxygen atoms in total. The van der Waals surface area contributed by atoms with Crippen LogP contribution in [0.5, 0.6) is 5.75 Å². The van der Waals surface area contributed by atoms with Gasteiger partial charge in [-0.1, -0.05) is 12.1 Å². The number of hydrogen-bond acceptors (Lipinski definition) is 3. The van der Waals surface area contributed by atoms with E-state index in [0.717, 1.165) is 24.4 Å².